The van der Waals surface area contributed by atoms with Crippen molar-refractivity contribution in [3.05, 3.63) is 76.7 Å². The minimum absolute atomic E-state index is 0.0640. The number of hydrogen-bond donors (Lipinski definition) is 3. The summed E-state index contributed by atoms with van der Waals surface area (Å²) in [6, 6.07) is 7.23. The normalized spacial score (nSPS) is 22.5. The minimum Gasteiger partial charge on any atom is -0.386 e. The Balaban J connectivity index is 0.769. The number of imide groups is 1. The molecule has 3 amide bonds. The number of amides is 3. The third-order valence-corrected chi connectivity index (χ3v) is 13.5. The van der Waals surface area contributed by atoms with Crippen molar-refractivity contribution in [3.63, 3.8) is 0 Å². The van der Waals surface area contributed by atoms with Crippen molar-refractivity contribution in [1.29, 1.82) is 0 Å². The van der Waals surface area contributed by atoms with Crippen LogP contribution in [0, 0.1) is 17.6 Å². The average Bonchev–Trinajstić information content (AvgIpc) is 3.95. The highest BCUT2D eigenvalue weighted by atomic mass is 32.1. The number of halogens is 2. The highest BCUT2D eigenvalue weighted by Gasteiger charge is 2.37. The van der Waals surface area contributed by atoms with E-state index in [0.717, 1.165) is 80.6 Å². The number of aromatic nitrogens is 5. The first-order valence-corrected chi connectivity index (χ1v) is 21.3. The number of nitrogens with one attached hydrogen (secondary N) is 1. The summed E-state index contributed by atoms with van der Waals surface area (Å²) >= 11 is 1.32. The fourth-order valence-electron chi connectivity index (χ4n) is 9.25. The quantitative estimate of drug-likeness (QED) is 0.168. The van der Waals surface area contributed by atoms with Gasteiger partial charge in [-0.3, -0.25) is 29.3 Å². The van der Waals surface area contributed by atoms with E-state index < -0.39 is 40.9 Å². The summed E-state index contributed by atoms with van der Waals surface area (Å²) in [5.74, 6) is -3.51. The highest BCUT2D eigenvalue weighted by molar-refractivity contribution is 7.13. The fraction of sp³-hybridized carbons (Fsp3) is 0.476. The van der Waals surface area contributed by atoms with Gasteiger partial charge in [0.15, 0.2) is 0 Å². The molecule has 1 saturated carbocycles. The number of aliphatic hydroxyl groups is 1. The van der Waals surface area contributed by atoms with Crippen molar-refractivity contribution in [2.24, 2.45) is 11.7 Å². The Morgan fingerprint density at radius 2 is 1.71 bits per heavy atom. The van der Waals surface area contributed by atoms with E-state index in [0.29, 0.717) is 47.3 Å². The number of primary amides is 1. The number of carbonyl (C=O) groups excluding carboxylic acids is 3. The number of piperidine rings is 1. The first-order chi connectivity index (χ1) is 28.3. The molecular formula is C42H48F2N10O4S. The second-order valence-electron chi connectivity index (χ2n) is 17.1. The van der Waals surface area contributed by atoms with Gasteiger partial charge >= 0.3 is 0 Å². The molecule has 14 nitrogen and oxygen atoms in total. The number of nitrogens with zero attached hydrogens (tertiary/aromatic N) is 8. The molecule has 59 heavy (non-hydrogen) atoms. The maximum absolute atomic E-state index is 15.1. The van der Waals surface area contributed by atoms with E-state index in [1.165, 1.54) is 23.5 Å². The second kappa shape index (κ2) is 15.5. The van der Waals surface area contributed by atoms with Gasteiger partial charge in [0.1, 0.15) is 22.3 Å². The van der Waals surface area contributed by atoms with E-state index in [1.807, 2.05) is 23.2 Å². The molecule has 0 unspecified atom stereocenters. The number of carbonyl (C=O) groups is 3. The van der Waals surface area contributed by atoms with Crippen molar-refractivity contribution in [3.8, 4) is 16.3 Å². The lowest BCUT2D eigenvalue weighted by Crippen LogP contribution is -2.63. The number of benzene rings is 2. The van der Waals surface area contributed by atoms with Gasteiger partial charge in [0.2, 0.25) is 11.8 Å². The van der Waals surface area contributed by atoms with Crippen LogP contribution in [0.2, 0.25) is 0 Å². The number of nitrogens with two attached hydrogens (primary N) is 1. The molecule has 6 heterocycles. The molecule has 0 bridgehead atoms. The summed E-state index contributed by atoms with van der Waals surface area (Å²) < 4.78 is 34.1. The van der Waals surface area contributed by atoms with E-state index in [4.69, 9.17) is 10.8 Å². The number of thiazole rings is 1. The SMILES string of the molecule is CC(C)(O)c1cc2nn(C3CCC(CN4CCN(C5CN(c6cc(F)c([C@H]7CCC(=O)NC7=O)c(F)c6)C5)CC4)CC3)cc2cc1-n1cc(-c2nc(C(N)=O)cs2)cn1. The maximum Gasteiger partial charge on any atom is 0.268 e. The first kappa shape index (κ1) is 39.4. The Labute approximate surface area is 344 Å². The van der Waals surface area contributed by atoms with Crippen LogP contribution < -0.4 is 16.0 Å². The first-order valence-electron chi connectivity index (χ1n) is 20.4. The lowest BCUT2D eigenvalue weighted by Gasteiger charge is -2.49. The van der Waals surface area contributed by atoms with E-state index >= 15 is 8.78 Å². The summed E-state index contributed by atoms with van der Waals surface area (Å²) in [5.41, 5.74) is 7.69. The molecule has 4 fully saturated rings. The van der Waals surface area contributed by atoms with Crippen molar-refractivity contribution in [2.45, 2.75) is 76.0 Å². The zero-order valence-corrected chi connectivity index (χ0v) is 33.9. The van der Waals surface area contributed by atoms with Gasteiger partial charge in [0.25, 0.3) is 5.91 Å². The van der Waals surface area contributed by atoms with Crippen LogP contribution in [0.25, 0.3) is 27.2 Å². The number of rotatable bonds is 10. The Morgan fingerprint density at radius 1 is 0.983 bits per heavy atom. The van der Waals surface area contributed by atoms with Gasteiger partial charge in [-0.2, -0.15) is 10.2 Å². The Morgan fingerprint density at radius 3 is 2.37 bits per heavy atom. The zero-order chi connectivity index (χ0) is 41.2. The Kier molecular flexibility index (Phi) is 10.3. The molecule has 5 aromatic rings. The molecular weight excluding hydrogens is 779 g/mol. The molecule has 1 atom stereocenters. The molecule has 3 aliphatic heterocycles. The molecule has 3 aromatic heterocycles. The van der Waals surface area contributed by atoms with Gasteiger partial charge in [-0.1, -0.05) is 0 Å². The standard InChI is InChI=1S/C42H48F2N10O4S/c1-42(2,58)31-16-34-25(13-36(31)54-20-26(17-46-54)41-47-35(23-59-41)39(45)56)19-53(49-34)27-5-3-24(4-6-27)18-50-9-11-51(12-10-50)29-21-52(22-29)28-14-32(43)38(33(44)15-28)30-7-8-37(55)48-40(30)57/h13-17,19-20,23-24,27,29-30,58H,3-12,18,21-22H2,1-2H3,(H2,45,56)(H,48,55,57)/t24?,27?,30-/m1/s1. The van der Waals surface area contributed by atoms with Gasteiger partial charge in [-0.05, 0) is 76.1 Å². The number of anilines is 1. The predicted octanol–water partition coefficient (Wildman–Crippen LogP) is 4.71. The van der Waals surface area contributed by atoms with E-state index in [-0.39, 0.29) is 24.1 Å². The third-order valence-electron chi connectivity index (χ3n) is 12.6. The summed E-state index contributed by atoms with van der Waals surface area (Å²) in [6.07, 6.45) is 10.1. The molecule has 4 N–H and O–H groups in total. The maximum atomic E-state index is 15.1. The van der Waals surface area contributed by atoms with Gasteiger partial charge in [-0.25, -0.2) is 18.4 Å². The molecule has 310 valence electrons. The highest BCUT2D eigenvalue weighted by Crippen LogP contribution is 2.37. The molecule has 4 aliphatic rings. The molecule has 3 saturated heterocycles. The van der Waals surface area contributed by atoms with E-state index in [9.17, 15) is 19.5 Å². The topological polar surface area (TPSA) is 168 Å². The molecule has 2 aromatic carbocycles. The monoisotopic (exact) mass is 826 g/mol. The molecule has 0 radical (unpaired) electrons. The van der Waals surface area contributed by atoms with Crippen LogP contribution in [0.3, 0.4) is 0 Å². The largest absolute Gasteiger partial charge is 0.386 e. The van der Waals surface area contributed by atoms with Crippen molar-refractivity contribution in [2.75, 3.05) is 50.7 Å². The predicted molar refractivity (Wildman–Crippen MR) is 218 cm³/mol. The smallest absolute Gasteiger partial charge is 0.268 e. The van der Waals surface area contributed by atoms with Crippen LogP contribution >= 0.6 is 11.3 Å². The molecule has 9 rings (SSSR count). The minimum atomic E-state index is -1.15. The van der Waals surface area contributed by atoms with Gasteiger partial charge < -0.3 is 20.6 Å². The lowest BCUT2D eigenvalue weighted by molar-refractivity contribution is -0.134. The zero-order valence-electron chi connectivity index (χ0n) is 33.1. The Bertz CT molecular complexity index is 2390. The number of hydrogen-bond acceptors (Lipinski definition) is 11. The number of fused-ring (bicyclic) bond motifs is 1. The van der Waals surface area contributed by atoms with Gasteiger partial charge in [-0.15, -0.1) is 11.3 Å². The summed E-state index contributed by atoms with van der Waals surface area (Å²) in [5, 5.41) is 26.2. The molecule has 0 spiro atoms. The van der Waals surface area contributed by atoms with Crippen molar-refractivity contribution >= 4 is 45.6 Å². The molecule has 17 heteroatoms. The lowest BCUT2D eigenvalue weighted by atomic mass is 9.85. The van der Waals surface area contributed by atoms with Gasteiger partial charge in [0.05, 0.1) is 35.0 Å². The van der Waals surface area contributed by atoms with Crippen molar-refractivity contribution in [1.82, 2.24) is 39.7 Å². The van der Waals surface area contributed by atoms with Crippen LogP contribution in [-0.2, 0) is 15.2 Å². The average molecular weight is 827 g/mol. The summed E-state index contributed by atoms with van der Waals surface area (Å²) in [7, 11) is 0. The van der Waals surface area contributed by atoms with Crippen LogP contribution in [0.15, 0.2) is 48.2 Å². The van der Waals surface area contributed by atoms with E-state index in [1.54, 1.807) is 30.1 Å². The summed E-state index contributed by atoms with van der Waals surface area (Å²) in [6.45, 7) is 9.88. The van der Waals surface area contributed by atoms with Crippen LogP contribution in [0.1, 0.15) is 85.9 Å². The third kappa shape index (κ3) is 7.88. The van der Waals surface area contributed by atoms with E-state index in [2.05, 4.69) is 36.1 Å². The van der Waals surface area contributed by atoms with Crippen LogP contribution in [0.5, 0.6) is 0 Å². The van der Waals surface area contributed by atoms with Gasteiger partial charge in [0, 0.05) is 104 Å². The van der Waals surface area contributed by atoms with Crippen molar-refractivity contribution < 1.29 is 28.3 Å². The summed E-state index contributed by atoms with van der Waals surface area (Å²) in [4.78, 5) is 46.7. The fourth-order valence-corrected chi connectivity index (χ4v) is 10.0. The second-order valence-corrected chi connectivity index (χ2v) is 17.9. The molecule has 1 aliphatic carbocycles. The van der Waals surface area contributed by atoms with Crippen LogP contribution in [0.4, 0.5) is 14.5 Å². The number of piperazine rings is 1. The Hall–Kier alpha value is -5.10. The van der Waals surface area contributed by atoms with Crippen LogP contribution in [-0.4, -0.2) is 109 Å².